The molecule has 1 unspecified atom stereocenters. The van der Waals surface area contributed by atoms with Gasteiger partial charge in [-0.3, -0.25) is 14.4 Å². The molecule has 8 nitrogen and oxygen atoms in total. The number of aromatic nitrogens is 3. The number of benzene rings is 1. The molecule has 2 heterocycles. The van der Waals surface area contributed by atoms with E-state index in [0.29, 0.717) is 11.1 Å². The molecule has 0 bridgehead atoms. The average Bonchev–Trinajstić information content (AvgIpc) is 3.29. The first kappa shape index (κ1) is 21.0. The van der Waals surface area contributed by atoms with Crippen LogP contribution in [0.4, 0.5) is 0 Å². The third-order valence-electron chi connectivity index (χ3n) is 4.97. The van der Waals surface area contributed by atoms with Gasteiger partial charge in [0.05, 0.1) is 24.5 Å². The molecule has 8 heteroatoms. The van der Waals surface area contributed by atoms with Gasteiger partial charge in [-0.1, -0.05) is 30.3 Å². The van der Waals surface area contributed by atoms with Crippen LogP contribution in [0.15, 0.2) is 66.1 Å². The van der Waals surface area contributed by atoms with Gasteiger partial charge in [-0.2, -0.15) is 0 Å². The minimum absolute atomic E-state index is 0.102. The molecule has 3 aromatic rings. The van der Waals surface area contributed by atoms with Crippen LogP contribution in [-0.2, 0) is 11.8 Å². The summed E-state index contributed by atoms with van der Waals surface area (Å²) in [5.41, 5.74) is 1.65. The van der Waals surface area contributed by atoms with E-state index in [1.807, 2.05) is 41.1 Å². The number of imidazole rings is 1. The first-order valence-corrected chi connectivity index (χ1v) is 9.60. The number of nitrogens with one attached hydrogen (secondary N) is 1. The van der Waals surface area contributed by atoms with E-state index in [4.69, 9.17) is 0 Å². The van der Waals surface area contributed by atoms with Crippen molar-refractivity contribution in [2.24, 2.45) is 7.05 Å². The largest absolute Gasteiger partial charge is 0.358 e. The molecule has 0 aliphatic carbocycles. The number of amides is 2. The van der Waals surface area contributed by atoms with Gasteiger partial charge >= 0.3 is 0 Å². The lowest BCUT2D eigenvalue weighted by molar-refractivity contribution is -0.121. The molecule has 0 radical (unpaired) electrons. The molecule has 2 amide bonds. The molecule has 0 saturated carbocycles. The van der Waals surface area contributed by atoms with Crippen molar-refractivity contribution in [3.05, 3.63) is 88.4 Å². The Balaban J connectivity index is 1.99. The first-order chi connectivity index (χ1) is 14.4. The number of carbonyl (C=O) groups excluding carboxylic acids is 2. The first-order valence-electron chi connectivity index (χ1n) is 9.60. The van der Waals surface area contributed by atoms with E-state index < -0.39 is 0 Å². The summed E-state index contributed by atoms with van der Waals surface area (Å²) in [6, 6.07) is 11.1. The maximum absolute atomic E-state index is 13.4. The molecule has 1 atom stereocenters. The van der Waals surface area contributed by atoms with Crippen LogP contribution in [0.25, 0.3) is 0 Å². The van der Waals surface area contributed by atoms with Crippen LogP contribution in [0.5, 0.6) is 0 Å². The minimum atomic E-state index is -0.321. The number of rotatable bonds is 7. The highest BCUT2D eigenvalue weighted by atomic mass is 16.2. The van der Waals surface area contributed by atoms with Gasteiger partial charge < -0.3 is 19.4 Å². The van der Waals surface area contributed by atoms with Gasteiger partial charge in [0.15, 0.2) is 0 Å². The minimum Gasteiger partial charge on any atom is -0.358 e. The summed E-state index contributed by atoms with van der Waals surface area (Å²) < 4.78 is 3.29. The number of hydrogen-bond acceptors (Lipinski definition) is 4. The van der Waals surface area contributed by atoms with Crippen LogP contribution in [-0.4, -0.2) is 51.0 Å². The second kappa shape index (κ2) is 9.21. The van der Waals surface area contributed by atoms with Crippen LogP contribution in [0.2, 0.25) is 0 Å². The van der Waals surface area contributed by atoms with Crippen molar-refractivity contribution >= 4 is 11.8 Å². The summed E-state index contributed by atoms with van der Waals surface area (Å²) in [5, 5.41) is 2.57. The lowest BCUT2D eigenvalue weighted by Gasteiger charge is -2.28. The lowest BCUT2D eigenvalue weighted by Crippen LogP contribution is -2.43. The maximum atomic E-state index is 13.4. The van der Waals surface area contributed by atoms with Gasteiger partial charge in [0, 0.05) is 44.8 Å². The van der Waals surface area contributed by atoms with Crippen LogP contribution in [0.3, 0.4) is 0 Å². The van der Waals surface area contributed by atoms with Crippen LogP contribution in [0.1, 0.15) is 27.5 Å². The Hall–Kier alpha value is -3.68. The van der Waals surface area contributed by atoms with Crippen molar-refractivity contribution in [3.63, 3.8) is 0 Å². The number of pyridine rings is 1. The second-order valence-electron chi connectivity index (χ2n) is 7.12. The highest BCUT2D eigenvalue weighted by Gasteiger charge is 2.25. The predicted molar refractivity (Wildman–Crippen MR) is 113 cm³/mol. The van der Waals surface area contributed by atoms with Crippen LogP contribution in [0, 0.1) is 6.92 Å². The molecule has 2 aromatic heterocycles. The maximum Gasteiger partial charge on any atom is 0.255 e. The molecule has 0 aliphatic rings. The van der Waals surface area contributed by atoms with Crippen molar-refractivity contribution in [2.75, 3.05) is 20.1 Å². The predicted octanol–water partition coefficient (Wildman–Crippen LogP) is 1.37. The van der Waals surface area contributed by atoms with E-state index in [-0.39, 0.29) is 36.5 Å². The molecule has 0 fully saturated rings. The molecule has 0 saturated heterocycles. The summed E-state index contributed by atoms with van der Waals surface area (Å²) in [6.45, 7) is 1.82. The monoisotopic (exact) mass is 407 g/mol. The Morgan fingerprint density at radius 3 is 2.57 bits per heavy atom. The summed E-state index contributed by atoms with van der Waals surface area (Å²) in [5.74, 6) is -0.597. The zero-order valence-electron chi connectivity index (χ0n) is 17.3. The van der Waals surface area contributed by atoms with Crippen molar-refractivity contribution in [1.82, 2.24) is 24.3 Å². The molecule has 1 N–H and O–H groups in total. The quantitative estimate of drug-likeness (QED) is 0.641. The topological polar surface area (TPSA) is 89.2 Å². The molecule has 3 rings (SSSR count). The van der Waals surface area contributed by atoms with Gasteiger partial charge in [0.1, 0.15) is 0 Å². The molecule has 0 spiro atoms. The normalized spacial score (nSPS) is 11.7. The van der Waals surface area contributed by atoms with Crippen LogP contribution < -0.4 is 10.9 Å². The van der Waals surface area contributed by atoms with Crippen molar-refractivity contribution in [2.45, 2.75) is 13.0 Å². The number of nitrogens with zero attached hydrogens (tertiary/aromatic N) is 4. The highest BCUT2D eigenvalue weighted by molar-refractivity contribution is 5.96. The standard InChI is InChI=1S/C22H25N5O3/c1-16-11-18(12-25(3)21(16)29)22(30)27(14-20(28)23-2)13-19(26-10-9-24-15-26)17-7-5-4-6-8-17/h4-12,15,19H,13-14H2,1-3H3,(H,23,28). The molecular formula is C22H25N5O3. The van der Waals surface area contributed by atoms with Crippen molar-refractivity contribution in [3.8, 4) is 0 Å². The summed E-state index contributed by atoms with van der Waals surface area (Å²) in [4.78, 5) is 43.2. The number of hydrogen-bond donors (Lipinski definition) is 1. The van der Waals surface area contributed by atoms with Gasteiger partial charge in [-0.15, -0.1) is 0 Å². The number of carbonyl (C=O) groups is 2. The van der Waals surface area contributed by atoms with E-state index >= 15 is 0 Å². The fourth-order valence-electron chi connectivity index (χ4n) is 3.36. The third-order valence-corrected chi connectivity index (χ3v) is 4.97. The van der Waals surface area contributed by atoms with E-state index in [2.05, 4.69) is 10.3 Å². The Morgan fingerprint density at radius 2 is 1.97 bits per heavy atom. The Kier molecular flexibility index (Phi) is 6.46. The second-order valence-corrected chi connectivity index (χ2v) is 7.12. The third kappa shape index (κ3) is 4.65. The lowest BCUT2D eigenvalue weighted by atomic mass is 10.1. The fraction of sp³-hybridized carbons (Fsp3) is 0.273. The zero-order valence-corrected chi connectivity index (χ0v) is 17.3. The molecule has 1 aromatic carbocycles. The molecular weight excluding hydrogens is 382 g/mol. The van der Waals surface area contributed by atoms with E-state index in [1.54, 1.807) is 32.6 Å². The van der Waals surface area contributed by atoms with Gasteiger partial charge in [-0.25, -0.2) is 4.98 Å². The van der Waals surface area contributed by atoms with E-state index in [9.17, 15) is 14.4 Å². The van der Waals surface area contributed by atoms with Gasteiger partial charge in [-0.05, 0) is 18.6 Å². The number of aryl methyl sites for hydroxylation is 2. The fourth-order valence-corrected chi connectivity index (χ4v) is 3.36. The van der Waals surface area contributed by atoms with Crippen molar-refractivity contribution < 1.29 is 9.59 Å². The zero-order chi connectivity index (χ0) is 21.7. The van der Waals surface area contributed by atoms with Crippen molar-refractivity contribution in [1.29, 1.82) is 0 Å². The highest BCUT2D eigenvalue weighted by Crippen LogP contribution is 2.20. The smallest absolute Gasteiger partial charge is 0.255 e. The van der Waals surface area contributed by atoms with E-state index in [1.165, 1.54) is 22.7 Å². The van der Waals surface area contributed by atoms with Gasteiger partial charge in [0.25, 0.3) is 11.5 Å². The average molecular weight is 407 g/mol. The van der Waals surface area contributed by atoms with Gasteiger partial charge in [0.2, 0.25) is 5.91 Å². The summed E-state index contributed by atoms with van der Waals surface area (Å²) >= 11 is 0. The Labute approximate surface area is 174 Å². The number of likely N-dealkylation sites (N-methyl/N-ethyl adjacent to an activating group) is 1. The SMILES string of the molecule is CNC(=O)CN(CC(c1ccccc1)n1ccnc1)C(=O)c1cc(C)c(=O)n(C)c1. The van der Waals surface area contributed by atoms with Crippen LogP contribution >= 0.6 is 0 Å². The Morgan fingerprint density at radius 1 is 1.23 bits per heavy atom. The Bertz CT molecular complexity index is 1050. The molecule has 0 aliphatic heterocycles. The van der Waals surface area contributed by atoms with E-state index in [0.717, 1.165) is 5.56 Å². The molecule has 30 heavy (non-hydrogen) atoms. The molecule has 156 valence electrons. The summed E-state index contributed by atoms with van der Waals surface area (Å²) in [7, 11) is 3.14. The summed E-state index contributed by atoms with van der Waals surface area (Å²) in [6.07, 6.45) is 6.70.